The lowest BCUT2D eigenvalue weighted by atomic mass is 10.0. The van der Waals surface area contributed by atoms with Crippen molar-refractivity contribution in [2.45, 2.75) is 19.0 Å². The number of rotatable bonds is 1. The lowest BCUT2D eigenvalue weighted by Gasteiger charge is -2.25. The maximum Gasteiger partial charge on any atom is 0.143 e. The highest BCUT2D eigenvalue weighted by atomic mass is 16.3. The molecule has 2 atom stereocenters. The first-order chi connectivity index (χ1) is 8.27. The Morgan fingerprint density at radius 3 is 2.35 bits per heavy atom. The van der Waals surface area contributed by atoms with Crippen molar-refractivity contribution in [3.8, 4) is 11.4 Å². The number of nitrogens with zero attached hydrogens (tertiary/aromatic N) is 3. The van der Waals surface area contributed by atoms with Gasteiger partial charge < -0.3 is 5.11 Å². The summed E-state index contributed by atoms with van der Waals surface area (Å²) in [4.78, 5) is 6.34. The van der Waals surface area contributed by atoms with Gasteiger partial charge in [-0.25, -0.2) is 0 Å². The van der Waals surface area contributed by atoms with Crippen molar-refractivity contribution in [1.29, 1.82) is 0 Å². The molecule has 0 saturated heterocycles. The second-order valence-electron chi connectivity index (χ2n) is 4.67. The topological polar surface area (TPSA) is 35.0 Å². The molecule has 0 spiro atoms. The highest BCUT2D eigenvalue weighted by molar-refractivity contribution is 5.48. The van der Waals surface area contributed by atoms with Gasteiger partial charge in [-0.05, 0) is 24.6 Å². The van der Waals surface area contributed by atoms with Crippen molar-refractivity contribution >= 4 is 0 Å². The van der Waals surface area contributed by atoms with Gasteiger partial charge in [-0.2, -0.15) is 14.4 Å². The SMILES string of the molecule is Cc1ccc(O)c(-n2n3n2C2C=CC=CC23)c1. The summed E-state index contributed by atoms with van der Waals surface area (Å²) in [6, 6.07) is 6.51. The van der Waals surface area contributed by atoms with Gasteiger partial charge in [0, 0.05) is 0 Å². The van der Waals surface area contributed by atoms with E-state index in [1.54, 1.807) is 6.07 Å². The number of aromatic hydroxyl groups is 1. The Kier molecular flexibility index (Phi) is 1.46. The summed E-state index contributed by atoms with van der Waals surface area (Å²) >= 11 is 0. The molecule has 1 aliphatic heterocycles. The molecule has 0 fully saturated rings. The van der Waals surface area contributed by atoms with Gasteiger partial charge >= 0.3 is 0 Å². The Balaban J connectivity index is 1.81. The molecule has 2 heterocycles. The van der Waals surface area contributed by atoms with Crippen LogP contribution in [0.3, 0.4) is 0 Å². The zero-order valence-electron chi connectivity index (χ0n) is 9.49. The largest absolute Gasteiger partial charge is 0.506 e. The quantitative estimate of drug-likeness (QED) is 0.797. The lowest BCUT2D eigenvalue weighted by molar-refractivity contribution is 0.314. The number of fused-ring (bicyclic) bond motifs is 4. The Hall–Kier alpha value is -2.10. The third-order valence-electron chi connectivity index (χ3n) is 3.52. The number of hydrogen-bond donors (Lipinski definition) is 1. The number of phenolic OH excluding ortho intramolecular Hbond substituents is 1. The predicted octanol–water partition coefficient (Wildman–Crippen LogP) is 2.32. The van der Waals surface area contributed by atoms with E-state index in [-0.39, 0.29) is 0 Å². The van der Waals surface area contributed by atoms with Crippen molar-refractivity contribution in [2.24, 2.45) is 0 Å². The zero-order valence-corrected chi connectivity index (χ0v) is 9.49. The molecule has 1 aliphatic carbocycles. The second kappa shape index (κ2) is 2.77. The fourth-order valence-corrected chi connectivity index (χ4v) is 2.63. The number of phenols is 1. The molecule has 4 nitrogen and oxygen atoms in total. The number of hydrogen-bond acceptors (Lipinski definition) is 1. The van der Waals surface area contributed by atoms with Crippen molar-refractivity contribution in [1.82, 2.24) is 14.4 Å². The molecule has 1 aromatic carbocycles. The smallest absolute Gasteiger partial charge is 0.143 e. The minimum atomic E-state index is 0.328. The fraction of sp³-hybridized carbons (Fsp3) is 0.231. The molecule has 4 rings (SSSR count). The van der Waals surface area contributed by atoms with Crippen LogP contribution in [0, 0.1) is 6.92 Å². The normalized spacial score (nSPS) is 24.5. The molecule has 1 aromatic heterocycles. The highest BCUT2D eigenvalue weighted by Crippen LogP contribution is 2.45. The van der Waals surface area contributed by atoms with Crippen molar-refractivity contribution < 1.29 is 5.11 Å². The maximum absolute atomic E-state index is 9.91. The molecule has 0 bridgehead atoms. The summed E-state index contributed by atoms with van der Waals surface area (Å²) in [7, 11) is 0. The average Bonchev–Trinajstić information content (AvgIpc) is 2.98. The van der Waals surface area contributed by atoms with Crippen LogP contribution in [0.2, 0.25) is 0 Å². The van der Waals surface area contributed by atoms with Crippen molar-refractivity contribution in [3.63, 3.8) is 0 Å². The standard InChI is InChI=1S/C13H13N3O/c1-9-6-7-13(17)12(8-9)16-14-10-4-2-3-5-11(10)15(14)16/h2-8,10-11,17H,1H3. The Labute approximate surface area is 98.6 Å². The third kappa shape index (κ3) is 1.02. The molecular weight excluding hydrogens is 214 g/mol. The van der Waals surface area contributed by atoms with Gasteiger partial charge in [-0.15, -0.1) is 0 Å². The number of allylic oxidation sites excluding steroid dienone is 4. The van der Waals surface area contributed by atoms with Gasteiger partial charge in [0.05, 0.1) is 0 Å². The first-order valence-corrected chi connectivity index (χ1v) is 5.80. The van der Waals surface area contributed by atoms with Gasteiger partial charge in [0.1, 0.15) is 23.5 Å². The first-order valence-electron chi connectivity index (χ1n) is 5.80. The summed E-state index contributed by atoms with van der Waals surface area (Å²) in [5.41, 5.74) is 2.02. The van der Waals surface area contributed by atoms with Crippen LogP contribution < -0.4 is 0 Å². The van der Waals surface area contributed by atoms with E-state index in [1.165, 1.54) is 0 Å². The monoisotopic (exact) mass is 227 g/mol. The Morgan fingerprint density at radius 2 is 1.71 bits per heavy atom. The van der Waals surface area contributed by atoms with E-state index in [1.807, 2.05) is 23.9 Å². The third-order valence-corrected chi connectivity index (χ3v) is 3.52. The molecule has 2 aliphatic rings. The molecule has 4 heteroatoms. The van der Waals surface area contributed by atoms with Crippen molar-refractivity contribution in [3.05, 3.63) is 48.1 Å². The van der Waals surface area contributed by atoms with E-state index in [2.05, 4.69) is 33.9 Å². The number of aromatic nitrogens is 3. The minimum Gasteiger partial charge on any atom is -0.506 e. The second-order valence-corrected chi connectivity index (χ2v) is 4.67. The highest BCUT2D eigenvalue weighted by Gasteiger charge is 2.46. The van der Waals surface area contributed by atoms with Crippen LogP contribution >= 0.6 is 0 Å². The summed E-state index contributed by atoms with van der Waals surface area (Å²) in [6.45, 7) is 2.03. The van der Waals surface area contributed by atoms with Crippen LogP contribution in [0.4, 0.5) is 0 Å². The molecule has 86 valence electrons. The van der Waals surface area contributed by atoms with Gasteiger partial charge in [0.25, 0.3) is 0 Å². The molecule has 17 heavy (non-hydrogen) atoms. The summed E-state index contributed by atoms with van der Waals surface area (Å²) in [6.07, 6.45) is 8.53. The summed E-state index contributed by atoms with van der Waals surface area (Å²) in [5, 5.41) is 9.91. The van der Waals surface area contributed by atoms with Crippen LogP contribution in [-0.2, 0) is 0 Å². The van der Waals surface area contributed by atoms with Crippen LogP contribution in [0.5, 0.6) is 5.75 Å². The lowest BCUT2D eigenvalue weighted by Crippen LogP contribution is -2.26. The van der Waals surface area contributed by atoms with Crippen LogP contribution in [-0.4, -0.2) is 19.5 Å². The average molecular weight is 227 g/mol. The Bertz CT molecular complexity index is 623. The molecule has 2 unspecified atom stereocenters. The van der Waals surface area contributed by atoms with Gasteiger partial charge in [-0.1, -0.05) is 30.4 Å². The molecular formula is C13H13N3O. The van der Waals surface area contributed by atoms with Crippen molar-refractivity contribution in [2.75, 3.05) is 0 Å². The number of aryl methyl sites for hydroxylation is 1. The van der Waals surface area contributed by atoms with E-state index in [0.29, 0.717) is 17.8 Å². The van der Waals surface area contributed by atoms with Gasteiger partial charge in [-0.3, -0.25) is 0 Å². The minimum absolute atomic E-state index is 0.328. The van der Waals surface area contributed by atoms with Crippen LogP contribution in [0.25, 0.3) is 5.69 Å². The molecule has 1 N–H and O–H groups in total. The molecule has 0 radical (unpaired) electrons. The van der Waals surface area contributed by atoms with Gasteiger partial charge in [0.15, 0.2) is 0 Å². The van der Waals surface area contributed by atoms with Gasteiger partial charge in [0.2, 0.25) is 0 Å². The Morgan fingerprint density at radius 1 is 1.06 bits per heavy atom. The summed E-state index contributed by atoms with van der Waals surface area (Å²) in [5.74, 6) is 0.328. The van der Waals surface area contributed by atoms with E-state index in [4.69, 9.17) is 0 Å². The molecule has 0 amide bonds. The van der Waals surface area contributed by atoms with E-state index < -0.39 is 0 Å². The maximum atomic E-state index is 9.91. The number of benzene rings is 1. The fourth-order valence-electron chi connectivity index (χ4n) is 2.63. The van der Waals surface area contributed by atoms with Crippen LogP contribution in [0.15, 0.2) is 42.5 Å². The first kappa shape index (κ1) is 8.98. The van der Waals surface area contributed by atoms with E-state index >= 15 is 0 Å². The van der Waals surface area contributed by atoms with E-state index in [0.717, 1.165) is 11.3 Å². The molecule has 2 aromatic rings. The van der Waals surface area contributed by atoms with Crippen LogP contribution in [0.1, 0.15) is 17.6 Å². The van der Waals surface area contributed by atoms with E-state index in [9.17, 15) is 5.11 Å². The molecule has 0 saturated carbocycles. The predicted molar refractivity (Wildman–Crippen MR) is 64.5 cm³/mol. The summed E-state index contributed by atoms with van der Waals surface area (Å²) < 4.78 is 0. The zero-order chi connectivity index (χ0) is 11.6.